The number of carboxylic acid groups (broad SMARTS) is 2. The van der Waals surface area contributed by atoms with Crippen LogP contribution in [-0.2, 0) is 9.59 Å². The minimum atomic E-state index is -1.45. The number of hydrogen-bond donors (Lipinski definition) is 4. The van der Waals surface area contributed by atoms with Gasteiger partial charge in [-0.05, 0) is 25.7 Å². The molecule has 0 bridgehead atoms. The lowest BCUT2D eigenvalue weighted by atomic mass is 9.91. The maximum Gasteiger partial charge on any atom is 0.326 e. The summed E-state index contributed by atoms with van der Waals surface area (Å²) in [5.74, 6) is -2.67. The average molecular weight is 288 g/mol. The average Bonchev–Trinajstić information content (AvgIpc) is 2.30. The van der Waals surface area contributed by atoms with E-state index < -0.39 is 30.4 Å². The quantitative estimate of drug-likeness (QED) is 0.492. The van der Waals surface area contributed by atoms with Crippen molar-refractivity contribution in [3.63, 3.8) is 0 Å². The number of carbonyl (C=O) groups excluding carboxylic acids is 1. The summed E-state index contributed by atoms with van der Waals surface area (Å²) in [6.07, 6.45) is 2.43. The van der Waals surface area contributed by atoms with E-state index in [0.29, 0.717) is 13.0 Å². The van der Waals surface area contributed by atoms with E-state index in [1.54, 1.807) is 0 Å². The summed E-state index contributed by atoms with van der Waals surface area (Å²) in [5, 5.41) is 28.6. The van der Waals surface area contributed by atoms with Crippen LogP contribution in [0.5, 0.6) is 0 Å². The van der Waals surface area contributed by atoms with Crippen LogP contribution in [0.2, 0.25) is 0 Å². The van der Waals surface area contributed by atoms with Crippen LogP contribution in [0.25, 0.3) is 0 Å². The molecule has 1 atom stereocenters. The molecule has 20 heavy (non-hydrogen) atoms. The van der Waals surface area contributed by atoms with Crippen molar-refractivity contribution >= 4 is 18.0 Å². The first-order valence-electron chi connectivity index (χ1n) is 6.58. The van der Waals surface area contributed by atoms with Crippen LogP contribution >= 0.6 is 0 Å². The van der Waals surface area contributed by atoms with Gasteiger partial charge in [-0.15, -0.1) is 0 Å². The van der Waals surface area contributed by atoms with Gasteiger partial charge in [0.05, 0.1) is 6.42 Å². The van der Waals surface area contributed by atoms with Gasteiger partial charge in [0.2, 0.25) is 0 Å². The third kappa shape index (κ3) is 4.69. The number of nitrogens with zero attached hydrogens (tertiary/aromatic N) is 1. The van der Waals surface area contributed by atoms with Crippen molar-refractivity contribution in [2.45, 2.75) is 44.2 Å². The molecule has 0 heterocycles. The van der Waals surface area contributed by atoms with Gasteiger partial charge in [0.15, 0.2) is 0 Å². The molecule has 1 rings (SSSR count). The summed E-state index contributed by atoms with van der Waals surface area (Å²) in [6, 6.07) is -1.99. The van der Waals surface area contributed by atoms with Crippen LogP contribution < -0.4 is 5.32 Å². The van der Waals surface area contributed by atoms with E-state index in [1.165, 1.54) is 4.90 Å². The first kappa shape index (κ1) is 16.2. The van der Waals surface area contributed by atoms with Crippen molar-refractivity contribution < 1.29 is 29.7 Å². The van der Waals surface area contributed by atoms with Crippen molar-refractivity contribution in [3.05, 3.63) is 0 Å². The van der Waals surface area contributed by atoms with Crippen LogP contribution in [0.3, 0.4) is 0 Å². The van der Waals surface area contributed by atoms with Crippen LogP contribution in [0, 0.1) is 0 Å². The van der Waals surface area contributed by atoms with E-state index in [1.807, 2.05) is 0 Å². The number of urea groups is 1. The van der Waals surface area contributed by atoms with Gasteiger partial charge in [-0.2, -0.15) is 0 Å². The van der Waals surface area contributed by atoms with Gasteiger partial charge in [0.25, 0.3) is 0 Å². The molecule has 0 radical (unpaired) electrons. The van der Waals surface area contributed by atoms with Crippen LogP contribution in [0.1, 0.15) is 32.1 Å². The summed E-state index contributed by atoms with van der Waals surface area (Å²) in [6.45, 7) is 0.264. The van der Waals surface area contributed by atoms with Crippen LogP contribution in [0.4, 0.5) is 4.79 Å². The normalized spacial score (nSPS) is 16.1. The van der Waals surface area contributed by atoms with Crippen molar-refractivity contribution in [1.82, 2.24) is 10.2 Å². The third-order valence-electron chi connectivity index (χ3n) is 3.31. The molecule has 1 saturated carbocycles. The Morgan fingerprint density at radius 2 is 1.90 bits per heavy atom. The van der Waals surface area contributed by atoms with Gasteiger partial charge in [-0.1, -0.05) is 0 Å². The Hall–Kier alpha value is -1.83. The monoisotopic (exact) mass is 288 g/mol. The lowest BCUT2D eigenvalue weighted by molar-refractivity contribution is -0.145. The van der Waals surface area contributed by atoms with Crippen molar-refractivity contribution in [2.24, 2.45) is 0 Å². The van der Waals surface area contributed by atoms with Crippen molar-refractivity contribution in [2.75, 3.05) is 13.2 Å². The second-order valence-corrected chi connectivity index (χ2v) is 4.79. The van der Waals surface area contributed by atoms with Crippen molar-refractivity contribution in [1.29, 1.82) is 0 Å². The molecular weight excluding hydrogens is 268 g/mol. The molecule has 1 aliphatic rings. The van der Waals surface area contributed by atoms with E-state index in [9.17, 15) is 14.4 Å². The fourth-order valence-corrected chi connectivity index (χ4v) is 2.00. The van der Waals surface area contributed by atoms with Gasteiger partial charge in [-0.25, -0.2) is 9.59 Å². The smallest absolute Gasteiger partial charge is 0.326 e. The number of aliphatic hydroxyl groups excluding tert-OH is 1. The van der Waals surface area contributed by atoms with Gasteiger partial charge < -0.3 is 25.5 Å². The van der Waals surface area contributed by atoms with Gasteiger partial charge >= 0.3 is 18.0 Å². The van der Waals surface area contributed by atoms with Gasteiger partial charge in [-0.3, -0.25) is 4.79 Å². The highest BCUT2D eigenvalue weighted by Gasteiger charge is 2.31. The Kier molecular flexibility index (Phi) is 6.23. The maximum atomic E-state index is 12.1. The molecule has 1 fully saturated rings. The molecule has 114 valence electrons. The van der Waals surface area contributed by atoms with E-state index in [-0.39, 0.29) is 12.6 Å². The summed E-state index contributed by atoms with van der Waals surface area (Å²) >= 11 is 0. The minimum Gasteiger partial charge on any atom is -0.481 e. The van der Waals surface area contributed by atoms with E-state index in [4.69, 9.17) is 15.3 Å². The molecule has 8 nitrogen and oxygen atoms in total. The maximum absolute atomic E-state index is 12.1. The molecular formula is C12H20N2O6. The molecule has 0 unspecified atom stereocenters. The SMILES string of the molecule is O=C(O)C[C@H](NC(=O)N(CCCO)C1CCC1)C(=O)O. The Labute approximate surface area is 116 Å². The van der Waals surface area contributed by atoms with E-state index in [0.717, 1.165) is 19.3 Å². The summed E-state index contributed by atoms with van der Waals surface area (Å²) in [4.78, 5) is 35.0. The van der Waals surface area contributed by atoms with E-state index >= 15 is 0 Å². The summed E-state index contributed by atoms with van der Waals surface area (Å²) in [7, 11) is 0. The topological polar surface area (TPSA) is 127 Å². The predicted molar refractivity (Wildman–Crippen MR) is 68.3 cm³/mol. The third-order valence-corrected chi connectivity index (χ3v) is 3.31. The Balaban J connectivity index is 2.62. The van der Waals surface area contributed by atoms with Gasteiger partial charge in [0.1, 0.15) is 6.04 Å². The number of carboxylic acids is 2. The number of rotatable bonds is 8. The highest BCUT2D eigenvalue weighted by molar-refractivity contribution is 5.86. The Morgan fingerprint density at radius 1 is 1.25 bits per heavy atom. The fourth-order valence-electron chi connectivity index (χ4n) is 2.00. The summed E-state index contributed by atoms with van der Waals surface area (Å²) in [5.41, 5.74) is 0. The second-order valence-electron chi connectivity index (χ2n) is 4.79. The molecule has 8 heteroatoms. The molecule has 0 aromatic heterocycles. The standard InChI is InChI=1S/C12H20N2O6/c15-6-2-5-14(8-3-1-4-8)12(20)13-9(11(18)19)7-10(16)17/h8-9,15H,1-7H2,(H,13,20)(H,16,17)(H,18,19)/t9-/m0/s1. The largest absolute Gasteiger partial charge is 0.481 e. The molecule has 0 spiro atoms. The minimum absolute atomic E-state index is 0.0424. The zero-order valence-electron chi connectivity index (χ0n) is 11.1. The van der Waals surface area contributed by atoms with Gasteiger partial charge in [0, 0.05) is 19.2 Å². The van der Waals surface area contributed by atoms with Crippen molar-refractivity contribution in [3.8, 4) is 0 Å². The first-order chi connectivity index (χ1) is 9.45. The Morgan fingerprint density at radius 3 is 2.30 bits per heavy atom. The fraction of sp³-hybridized carbons (Fsp3) is 0.750. The molecule has 1 aliphatic carbocycles. The van der Waals surface area contributed by atoms with Crippen LogP contribution in [-0.4, -0.2) is 63.4 Å². The zero-order chi connectivity index (χ0) is 15.1. The number of hydrogen-bond acceptors (Lipinski definition) is 4. The lowest BCUT2D eigenvalue weighted by Gasteiger charge is -2.38. The molecule has 2 amide bonds. The molecule has 0 aliphatic heterocycles. The highest BCUT2D eigenvalue weighted by atomic mass is 16.4. The zero-order valence-corrected chi connectivity index (χ0v) is 11.1. The van der Waals surface area contributed by atoms with Crippen LogP contribution in [0.15, 0.2) is 0 Å². The number of nitrogens with one attached hydrogen (secondary N) is 1. The summed E-state index contributed by atoms with van der Waals surface area (Å²) < 4.78 is 0. The Bertz CT molecular complexity index is 369. The molecule has 0 aromatic rings. The second kappa shape index (κ2) is 7.68. The molecule has 4 N–H and O–H groups in total. The first-order valence-corrected chi connectivity index (χ1v) is 6.58. The number of amides is 2. The molecule has 0 saturated heterocycles. The number of aliphatic hydroxyl groups is 1. The number of carbonyl (C=O) groups is 3. The lowest BCUT2D eigenvalue weighted by Crippen LogP contribution is -2.53. The van der Waals surface area contributed by atoms with E-state index in [2.05, 4.69) is 5.32 Å². The highest BCUT2D eigenvalue weighted by Crippen LogP contribution is 2.25. The molecule has 0 aromatic carbocycles. The number of aliphatic carboxylic acids is 2. The predicted octanol–water partition coefficient (Wildman–Crippen LogP) is -0.139.